The van der Waals surface area contributed by atoms with Crippen molar-refractivity contribution in [2.75, 3.05) is 24.6 Å². The van der Waals surface area contributed by atoms with Gasteiger partial charge in [-0.05, 0) is 32.9 Å². The molecule has 28 heavy (non-hydrogen) atoms. The van der Waals surface area contributed by atoms with Crippen LogP contribution in [0.15, 0.2) is 28.7 Å². The van der Waals surface area contributed by atoms with Crippen LogP contribution in [0.5, 0.6) is 0 Å². The predicted octanol–water partition coefficient (Wildman–Crippen LogP) is 3.99. The van der Waals surface area contributed by atoms with E-state index in [9.17, 15) is 8.42 Å². The van der Waals surface area contributed by atoms with E-state index < -0.39 is 14.6 Å². The lowest BCUT2D eigenvalue weighted by molar-refractivity contribution is 0.0394. The minimum Gasteiger partial charge on any atom is -0.367 e. The molecule has 0 saturated carbocycles. The Morgan fingerprint density at radius 3 is 2.43 bits per heavy atom. The molecule has 3 rings (SSSR count). The molecule has 154 valence electrons. The predicted molar refractivity (Wildman–Crippen MR) is 113 cm³/mol. The maximum absolute atomic E-state index is 12.6. The van der Waals surface area contributed by atoms with E-state index in [0.717, 1.165) is 22.9 Å². The lowest BCUT2D eigenvalue weighted by Gasteiger charge is -2.33. The molecule has 0 radical (unpaired) electrons. The summed E-state index contributed by atoms with van der Waals surface area (Å²) in [6, 6.07) is 3.43. The van der Waals surface area contributed by atoms with E-state index in [1.54, 1.807) is 44.4 Å². The number of nitrogens with zero attached hydrogens (tertiary/aromatic N) is 3. The number of hydrogen-bond acceptors (Lipinski definition) is 7. The quantitative estimate of drug-likeness (QED) is 0.743. The molecule has 8 heteroatoms. The number of rotatable bonds is 3. The fourth-order valence-electron chi connectivity index (χ4n) is 2.85. The monoisotopic (exact) mass is 423 g/mol. The summed E-state index contributed by atoms with van der Waals surface area (Å²) in [5.74, 6) is 0. The van der Waals surface area contributed by atoms with Gasteiger partial charge in [0.05, 0.1) is 35.5 Å². The Balaban J connectivity index is 1.77. The van der Waals surface area contributed by atoms with Gasteiger partial charge in [-0.1, -0.05) is 20.8 Å². The minimum absolute atomic E-state index is 0.0153. The Morgan fingerprint density at radius 2 is 1.89 bits per heavy atom. The van der Waals surface area contributed by atoms with Crippen LogP contribution in [0.1, 0.15) is 58.3 Å². The average molecular weight is 424 g/mol. The molecular formula is C20H29N3O3S2. The molecule has 6 nitrogen and oxygen atoms in total. The molecule has 2 aromatic rings. The van der Waals surface area contributed by atoms with Gasteiger partial charge in [0.1, 0.15) is 11.1 Å². The van der Waals surface area contributed by atoms with Crippen LogP contribution in [0, 0.1) is 0 Å². The largest absolute Gasteiger partial charge is 0.367 e. The number of anilines is 1. The van der Waals surface area contributed by atoms with E-state index in [4.69, 9.17) is 9.72 Å². The van der Waals surface area contributed by atoms with Gasteiger partial charge in [-0.25, -0.2) is 18.4 Å². The van der Waals surface area contributed by atoms with Crippen molar-refractivity contribution in [3.05, 3.63) is 34.4 Å². The Kier molecular flexibility index (Phi) is 5.59. The Bertz CT molecular complexity index is 923. The molecule has 1 aliphatic rings. The summed E-state index contributed by atoms with van der Waals surface area (Å²) in [4.78, 5) is 11.2. The van der Waals surface area contributed by atoms with E-state index in [-0.39, 0.29) is 16.5 Å². The summed E-state index contributed by atoms with van der Waals surface area (Å²) < 4.78 is 30.2. The van der Waals surface area contributed by atoms with Crippen molar-refractivity contribution in [2.24, 2.45) is 0 Å². The van der Waals surface area contributed by atoms with E-state index in [1.165, 1.54) is 0 Å². The second kappa shape index (κ2) is 7.39. The molecule has 1 unspecified atom stereocenters. The third-order valence-electron chi connectivity index (χ3n) is 4.80. The number of morpholine rings is 1. The Hall–Kier alpha value is -1.51. The second-order valence-corrected chi connectivity index (χ2v) is 12.6. The zero-order chi connectivity index (χ0) is 20.7. The number of thiazole rings is 1. The first-order chi connectivity index (χ1) is 12.9. The van der Waals surface area contributed by atoms with Gasteiger partial charge in [-0.2, -0.15) is 0 Å². The fourth-order valence-corrected chi connectivity index (χ4v) is 5.00. The highest BCUT2D eigenvalue weighted by Crippen LogP contribution is 2.32. The van der Waals surface area contributed by atoms with E-state index in [0.29, 0.717) is 13.2 Å². The fraction of sp³-hybridized carbons (Fsp3) is 0.600. The highest BCUT2D eigenvalue weighted by molar-refractivity contribution is 7.92. The van der Waals surface area contributed by atoms with E-state index in [1.807, 2.05) is 6.07 Å². The summed E-state index contributed by atoms with van der Waals surface area (Å²) >= 11 is 1.63. The maximum Gasteiger partial charge on any atom is 0.200 e. The van der Waals surface area contributed by atoms with Crippen molar-refractivity contribution in [3.8, 4) is 0 Å². The lowest BCUT2D eigenvalue weighted by Crippen LogP contribution is -2.38. The summed E-state index contributed by atoms with van der Waals surface area (Å²) in [7, 11) is -3.45. The van der Waals surface area contributed by atoms with Gasteiger partial charge in [0.15, 0.2) is 14.9 Å². The second-order valence-electron chi connectivity index (χ2n) is 9.10. The highest BCUT2D eigenvalue weighted by Gasteiger charge is 2.32. The van der Waals surface area contributed by atoms with Crippen molar-refractivity contribution in [3.63, 3.8) is 0 Å². The van der Waals surface area contributed by atoms with Crippen molar-refractivity contribution in [1.29, 1.82) is 0 Å². The Morgan fingerprint density at radius 1 is 1.18 bits per heavy atom. The topological polar surface area (TPSA) is 72.4 Å². The van der Waals surface area contributed by atoms with Crippen LogP contribution in [-0.2, 0) is 20.0 Å². The first-order valence-corrected chi connectivity index (χ1v) is 11.8. The van der Waals surface area contributed by atoms with Crippen LogP contribution in [0.3, 0.4) is 0 Å². The third-order valence-corrected chi connectivity index (χ3v) is 8.14. The van der Waals surface area contributed by atoms with Crippen molar-refractivity contribution in [2.45, 2.75) is 62.8 Å². The molecule has 1 aliphatic heterocycles. The number of ether oxygens (including phenoxy) is 1. The first kappa shape index (κ1) is 21.2. The molecule has 0 bridgehead atoms. The molecule has 3 heterocycles. The van der Waals surface area contributed by atoms with Gasteiger partial charge in [-0.3, -0.25) is 0 Å². The van der Waals surface area contributed by atoms with Gasteiger partial charge in [0.25, 0.3) is 0 Å². The van der Waals surface area contributed by atoms with Crippen molar-refractivity contribution >= 4 is 26.9 Å². The number of sulfone groups is 1. The number of pyridine rings is 1. The van der Waals surface area contributed by atoms with Gasteiger partial charge in [0, 0.05) is 17.3 Å². The normalized spacial score (nSPS) is 19.1. The van der Waals surface area contributed by atoms with Crippen molar-refractivity contribution < 1.29 is 13.2 Å². The van der Waals surface area contributed by atoms with Gasteiger partial charge in [-0.15, -0.1) is 11.3 Å². The molecule has 1 fully saturated rings. The molecular weight excluding hydrogens is 394 g/mol. The zero-order valence-corrected chi connectivity index (χ0v) is 19.0. The molecule has 0 amide bonds. The van der Waals surface area contributed by atoms with Gasteiger partial charge >= 0.3 is 0 Å². The van der Waals surface area contributed by atoms with Crippen molar-refractivity contribution in [1.82, 2.24) is 9.97 Å². The highest BCUT2D eigenvalue weighted by atomic mass is 32.2. The molecule has 1 atom stereocenters. The van der Waals surface area contributed by atoms with Crippen LogP contribution in [0.25, 0.3) is 0 Å². The zero-order valence-electron chi connectivity index (χ0n) is 17.4. The molecule has 0 aliphatic carbocycles. The molecule has 1 saturated heterocycles. The number of hydrogen-bond donors (Lipinski definition) is 0. The number of aromatic nitrogens is 2. The lowest BCUT2D eigenvalue weighted by atomic mass is 9.93. The average Bonchev–Trinajstić information content (AvgIpc) is 3.12. The molecule has 0 N–H and O–H groups in total. The minimum atomic E-state index is -3.45. The van der Waals surface area contributed by atoms with Crippen LogP contribution >= 0.6 is 11.3 Å². The van der Waals surface area contributed by atoms with Crippen LogP contribution < -0.4 is 4.90 Å². The van der Waals surface area contributed by atoms with Crippen LogP contribution in [0.2, 0.25) is 0 Å². The molecule has 0 aromatic carbocycles. The summed E-state index contributed by atoms with van der Waals surface area (Å²) in [5, 5.41) is 3.20. The summed E-state index contributed by atoms with van der Waals surface area (Å²) in [6.07, 6.45) is 1.55. The molecule has 2 aromatic heterocycles. The standard InChI is InChI=1S/C20H29N3O3S2/c1-19(2,3)16-13-27-18(22-16)15-12-23(9-10-26-15)14-7-8-17(21-11-14)28(24,25)20(4,5)6/h7-8,11,13,15H,9-10,12H2,1-6H3. The Labute approximate surface area is 171 Å². The summed E-state index contributed by atoms with van der Waals surface area (Å²) in [6.45, 7) is 13.5. The summed E-state index contributed by atoms with van der Waals surface area (Å²) in [5.41, 5.74) is 1.99. The van der Waals surface area contributed by atoms with Crippen LogP contribution in [-0.4, -0.2) is 42.8 Å². The van der Waals surface area contributed by atoms with E-state index in [2.05, 4.69) is 36.0 Å². The van der Waals surface area contributed by atoms with Crippen LogP contribution in [0.4, 0.5) is 5.69 Å². The smallest absolute Gasteiger partial charge is 0.200 e. The third kappa shape index (κ3) is 4.23. The molecule has 0 spiro atoms. The first-order valence-electron chi connectivity index (χ1n) is 9.43. The SMILES string of the molecule is CC(C)(C)c1csc(C2CN(c3ccc(S(=O)(=O)C(C)(C)C)nc3)CCO2)n1. The van der Waals surface area contributed by atoms with Gasteiger partial charge < -0.3 is 9.64 Å². The van der Waals surface area contributed by atoms with Gasteiger partial charge in [0.2, 0.25) is 0 Å². The van der Waals surface area contributed by atoms with E-state index >= 15 is 0 Å². The maximum atomic E-state index is 12.6.